The average molecular weight is 265 g/mol. The fourth-order valence-electron chi connectivity index (χ4n) is 1.32. The molecule has 0 spiro atoms. The Morgan fingerprint density at radius 3 is 2.83 bits per heavy atom. The van der Waals surface area contributed by atoms with E-state index in [0.717, 1.165) is 12.1 Å². The molecule has 3 N–H and O–H groups in total. The molecule has 0 aliphatic carbocycles. The summed E-state index contributed by atoms with van der Waals surface area (Å²) in [6, 6.07) is 0. The largest absolute Gasteiger partial charge is 0.368 e. The van der Waals surface area contributed by atoms with E-state index in [4.69, 9.17) is 5.73 Å². The van der Waals surface area contributed by atoms with Crippen LogP contribution in [0.5, 0.6) is 0 Å². The van der Waals surface area contributed by atoms with Crippen LogP contribution in [0.25, 0.3) is 0 Å². The van der Waals surface area contributed by atoms with Crippen molar-refractivity contribution in [2.24, 2.45) is 0 Å². The number of nitrogen functional groups attached to an aromatic ring is 1. The summed E-state index contributed by atoms with van der Waals surface area (Å²) in [5.41, 5.74) is 8.50. The van der Waals surface area contributed by atoms with Crippen LogP contribution in [0.2, 0.25) is 0 Å². The molecule has 2 rings (SSSR count). The molecule has 0 saturated carbocycles. The Kier molecular flexibility index (Phi) is 3.88. The molecule has 0 radical (unpaired) electrons. The van der Waals surface area contributed by atoms with Crippen LogP contribution in [-0.2, 0) is 6.42 Å². The molecule has 2 heterocycles. The molecule has 0 aliphatic rings. The van der Waals surface area contributed by atoms with Crippen molar-refractivity contribution in [2.45, 2.75) is 6.42 Å². The molecule has 0 aromatic carbocycles. The first-order chi connectivity index (χ1) is 8.65. The van der Waals surface area contributed by atoms with Crippen LogP contribution >= 0.6 is 11.3 Å². The third kappa shape index (κ3) is 3.27. The average Bonchev–Trinajstić information content (AvgIpc) is 2.81. The third-order valence-electron chi connectivity index (χ3n) is 2.19. The highest BCUT2D eigenvalue weighted by molar-refractivity contribution is 7.07. The van der Waals surface area contributed by atoms with Crippen molar-refractivity contribution in [1.29, 1.82) is 0 Å². The minimum atomic E-state index is 0.213. The highest BCUT2D eigenvalue weighted by Gasteiger charge is 2.05. The van der Waals surface area contributed by atoms with Crippen molar-refractivity contribution < 1.29 is 0 Å². The first kappa shape index (κ1) is 12.5. The summed E-state index contributed by atoms with van der Waals surface area (Å²) in [5, 5.41) is 5.14. The maximum Gasteiger partial charge on any atom is 0.231 e. The number of rotatable bonds is 5. The van der Waals surface area contributed by atoms with Gasteiger partial charge in [-0.2, -0.15) is 15.0 Å². The smallest absolute Gasteiger partial charge is 0.231 e. The second kappa shape index (κ2) is 5.58. The van der Waals surface area contributed by atoms with Crippen LogP contribution in [0.3, 0.4) is 0 Å². The number of hydrogen-bond donors (Lipinski definition) is 2. The molecule has 0 atom stereocenters. The Morgan fingerprint density at radius 1 is 1.33 bits per heavy atom. The second-order valence-corrected chi connectivity index (χ2v) is 4.59. The van der Waals surface area contributed by atoms with Gasteiger partial charge in [0.2, 0.25) is 17.8 Å². The Hall–Kier alpha value is -1.96. The molecular weight excluding hydrogens is 250 g/mol. The zero-order valence-corrected chi connectivity index (χ0v) is 11.1. The van der Waals surface area contributed by atoms with Gasteiger partial charge in [0.05, 0.1) is 11.2 Å². The first-order valence-corrected chi connectivity index (χ1v) is 6.39. The van der Waals surface area contributed by atoms with Crippen molar-refractivity contribution in [3.63, 3.8) is 0 Å². The van der Waals surface area contributed by atoms with Gasteiger partial charge in [0, 0.05) is 32.4 Å². The number of aromatic nitrogens is 4. The molecule has 96 valence electrons. The quantitative estimate of drug-likeness (QED) is 0.819. The van der Waals surface area contributed by atoms with Crippen LogP contribution < -0.4 is 16.0 Å². The normalized spacial score (nSPS) is 10.3. The van der Waals surface area contributed by atoms with Crippen molar-refractivity contribution in [2.75, 3.05) is 36.6 Å². The fourth-order valence-corrected chi connectivity index (χ4v) is 1.92. The molecule has 0 fully saturated rings. The number of hydrogen-bond acceptors (Lipinski definition) is 8. The minimum absolute atomic E-state index is 0.213. The second-order valence-electron chi connectivity index (χ2n) is 3.87. The third-order valence-corrected chi connectivity index (χ3v) is 2.82. The van der Waals surface area contributed by atoms with Gasteiger partial charge in [-0.3, -0.25) is 0 Å². The van der Waals surface area contributed by atoms with E-state index in [-0.39, 0.29) is 5.95 Å². The molecule has 7 nitrogen and oxygen atoms in total. The lowest BCUT2D eigenvalue weighted by atomic mass is 10.3. The maximum absolute atomic E-state index is 5.62. The van der Waals surface area contributed by atoms with Crippen LogP contribution in [0.15, 0.2) is 10.9 Å². The van der Waals surface area contributed by atoms with Gasteiger partial charge in [-0.15, -0.1) is 11.3 Å². The molecule has 2 aromatic heterocycles. The molecule has 0 aliphatic heterocycles. The zero-order valence-electron chi connectivity index (χ0n) is 10.3. The van der Waals surface area contributed by atoms with E-state index in [9.17, 15) is 0 Å². The van der Waals surface area contributed by atoms with Gasteiger partial charge in [-0.05, 0) is 0 Å². The molecule has 0 amide bonds. The maximum atomic E-state index is 5.62. The van der Waals surface area contributed by atoms with E-state index in [2.05, 4.69) is 25.3 Å². The lowest BCUT2D eigenvalue weighted by molar-refractivity contribution is 0.923. The lowest BCUT2D eigenvalue weighted by Crippen LogP contribution is -2.17. The molecule has 0 unspecified atom stereocenters. The SMILES string of the molecule is CN(C)c1nc(N)nc(NCCc2cscn2)n1. The number of thiazole rings is 1. The Balaban J connectivity index is 1.96. The van der Waals surface area contributed by atoms with Gasteiger partial charge in [0.25, 0.3) is 0 Å². The molecular formula is C10H15N7S. The molecule has 18 heavy (non-hydrogen) atoms. The summed E-state index contributed by atoms with van der Waals surface area (Å²) >= 11 is 1.59. The molecule has 8 heteroatoms. The highest BCUT2D eigenvalue weighted by atomic mass is 32.1. The summed E-state index contributed by atoms with van der Waals surface area (Å²) in [5.74, 6) is 1.24. The van der Waals surface area contributed by atoms with Gasteiger partial charge in [-0.25, -0.2) is 4.98 Å². The summed E-state index contributed by atoms with van der Waals surface area (Å²) in [6.07, 6.45) is 0.826. The Morgan fingerprint density at radius 2 is 2.17 bits per heavy atom. The summed E-state index contributed by atoms with van der Waals surface area (Å²) in [7, 11) is 3.71. The van der Waals surface area contributed by atoms with E-state index >= 15 is 0 Å². The van der Waals surface area contributed by atoms with Gasteiger partial charge in [0.1, 0.15) is 0 Å². The van der Waals surface area contributed by atoms with Crippen LogP contribution in [-0.4, -0.2) is 40.6 Å². The topological polar surface area (TPSA) is 92.9 Å². The minimum Gasteiger partial charge on any atom is -0.368 e. The van der Waals surface area contributed by atoms with E-state index in [1.807, 2.05) is 25.0 Å². The van der Waals surface area contributed by atoms with E-state index in [1.54, 1.807) is 16.2 Å². The highest BCUT2D eigenvalue weighted by Crippen LogP contribution is 2.09. The number of nitrogens with zero attached hydrogens (tertiary/aromatic N) is 5. The van der Waals surface area contributed by atoms with Crippen LogP contribution in [0, 0.1) is 0 Å². The molecule has 2 aromatic rings. The van der Waals surface area contributed by atoms with E-state index in [0.29, 0.717) is 18.4 Å². The Labute approximate surface area is 109 Å². The summed E-state index contributed by atoms with van der Waals surface area (Å²) in [4.78, 5) is 18.3. The lowest BCUT2D eigenvalue weighted by Gasteiger charge is -2.11. The first-order valence-electron chi connectivity index (χ1n) is 5.45. The predicted molar refractivity (Wildman–Crippen MR) is 72.9 cm³/mol. The van der Waals surface area contributed by atoms with Crippen LogP contribution in [0.1, 0.15) is 5.69 Å². The molecule has 0 bridgehead atoms. The van der Waals surface area contributed by atoms with Crippen molar-refractivity contribution in [3.8, 4) is 0 Å². The molecule has 0 saturated heterocycles. The number of anilines is 3. The standard InChI is InChI=1S/C10H15N7S/c1-17(2)10-15-8(11)14-9(16-10)12-4-3-7-5-18-6-13-7/h5-6H,3-4H2,1-2H3,(H3,11,12,14,15,16). The van der Waals surface area contributed by atoms with Crippen molar-refractivity contribution in [1.82, 2.24) is 19.9 Å². The number of nitrogens with one attached hydrogen (secondary N) is 1. The monoisotopic (exact) mass is 265 g/mol. The summed E-state index contributed by atoms with van der Waals surface area (Å²) < 4.78 is 0. The summed E-state index contributed by atoms with van der Waals surface area (Å²) in [6.45, 7) is 0.708. The van der Waals surface area contributed by atoms with Gasteiger partial charge in [-0.1, -0.05) is 0 Å². The van der Waals surface area contributed by atoms with Gasteiger partial charge < -0.3 is 16.0 Å². The van der Waals surface area contributed by atoms with Crippen molar-refractivity contribution in [3.05, 3.63) is 16.6 Å². The van der Waals surface area contributed by atoms with E-state index < -0.39 is 0 Å². The van der Waals surface area contributed by atoms with E-state index in [1.165, 1.54) is 0 Å². The van der Waals surface area contributed by atoms with Gasteiger partial charge >= 0.3 is 0 Å². The van der Waals surface area contributed by atoms with Crippen LogP contribution in [0.4, 0.5) is 17.8 Å². The number of nitrogens with two attached hydrogens (primary N) is 1. The fraction of sp³-hybridized carbons (Fsp3) is 0.400. The predicted octanol–water partition coefficient (Wildman–Crippen LogP) is 0.631. The zero-order chi connectivity index (χ0) is 13.0. The Bertz CT molecular complexity index is 497. The van der Waals surface area contributed by atoms with Gasteiger partial charge in [0.15, 0.2) is 0 Å². The van der Waals surface area contributed by atoms with Crippen molar-refractivity contribution >= 4 is 29.2 Å².